The molecule has 4 unspecified atom stereocenters. The summed E-state index contributed by atoms with van der Waals surface area (Å²) in [6.07, 6.45) is 24.8. The van der Waals surface area contributed by atoms with E-state index in [9.17, 15) is 4.39 Å². The molecule has 0 amide bonds. The average molecular weight is 485 g/mol. The van der Waals surface area contributed by atoms with Crippen molar-refractivity contribution in [1.29, 1.82) is 0 Å². The number of hydrogen-bond donors (Lipinski definition) is 0. The van der Waals surface area contributed by atoms with E-state index in [2.05, 4.69) is 13.8 Å². The molecule has 0 bridgehead atoms. The standard InChI is InChI=1S/C33H53FO/c1-3-5-7-8-25-9-11-26(12-10-25)13-14-27-15-16-29-23-30(18-17-28(29)22-27)32-20-19-31(24-33(32)34)35-21-6-4-2/h19-20,24-30H,3-18,21-23H2,1-2H3. The molecule has 0 N–H and O–H groups in total. The molecule has 4 rings (SSSR count). The van der Waals surface area contributed by atoms with E-state index in [0.717, 1.165) is 48.0 Å². The Morgan fingerprint density at radius 1 is 0.714 bits per heavy atom. The maximum atomic E-state index is 14.9. The van der Waals surface area contributed by atoms with Gasteiger partial charge in [0.05, 0.1) is 6.61 Å². The molecule has 0 radical (unpaired) electrons. The molecular weight excluding hydrogens is 431 g/mol. The van der Waals surface area contributed by atoms with Gasteiger partial charge in [-0.2, -0.15) is 0 Å². The summed E-state index contributed by atoms with van der Waals surface area (Å²) < 4.78 is 20.6. The van der Waals surface area contributed by atoms with Gasteiger partial charge in [-0.05, 0) is 85.7 Å². The highest BCUT2D eigenvalue weighted by Crippen LogP contribution is 2.49. The van der Waals surface area contributed by atoms with E-state index in [1.807, 2.05) is 12.1 Å². The Morgan fingerprint density at radius 3 is 2.11 bits per heavy atom. The summed E-state index contributed by atoms with van der Waals surface area (Å²) in [7, 11) is 0. The minimum atomic E-state index is -0.0452. The van der Waals surface area contributed by atoms with Crippen LogP contribution in [-0.4, -0.2) is 6.61 Å². The van der Waals surface area contributed by atoms with Gasteiger partial charge in [-0.15, -0.1) is 0 Å². The number of ether oxygens (including phenoxy) is 1. The van der Waals surface area contributed by atoms with Crippen molar-refractivity contribution < 1.29 is 9.13 Å². The third-order valence-corrected chi connectivity index (χ3v) is 10.1. The highest BCUT2D eigenvalue weighted by Gasteiger charge is 2.36. The molecule has 2 heteroatoms. The molecule has 4 atom stereocenters. The van der Waals surface area contributed by atoms with Crippen LogP contribution in [0.5, 0.6) is 5.75 Å². The van der Waals surface area contributed by atoms with E-state index in [-0.39, 0.29) is 5.82 Å². The van der Waals surface area contributed by atoms with Crippen LogP contribution in [0.25, 0.3) is 0 Å². The minimum absolute atomic E-state index is 0.0452. The third-order valence-electron chi connectivity index (χ3n) is 10.1. The first-order valence-corrected chi connectivity index (χ1v) is 15.6. The van der Waals surface area contributed by atoms with Gasteiger partial charge in [0.15, 0.2) is 0 Å². The van der Waals surface area contributed by atoms with Crippen molar-refractivity contribution in [3.05, 3.63) is 29.6 Å². The molecule has 1 aromatic carbocycles. The van der Waals surface area contributed by atoms with E-state index in [1.54, 1.807) is 6.07 Å². The van der Waals surface area contributed by atoms with Crippen LogP contribution in [0, 0.1) is 35.4 Å². The molecule has 1 aromatic rings. The Balaban J connectivity index is 1.17. The summed E-state index contributed by atoms with van der Waals surface area (Å²) in [5.74, 6) is 5.80. The fraction of sp³-hybridized carbons (Fsp3) is 0.818. The van der Waals surface area contributed by atoms with Gasteiger partial charge in [-0.3, -0.25) is 0 Å². The largest absolute Gasteiger partial charge is 0.493 e. The first-order chi connectivity index (χ1) is 17.2. The van der Waals surface area contributed by atoms with E-state index >= 15 is 0 Å². The summed E-state index contributed by atoms with van der Waals surface area (Å²) in [5, 5.41) is 0. The Kier molecular flexibility index (Phi) is 10.8. The summed E-state index contributed by atoms with van der Waals surface area (Å²) in [6.45, 7) is 5.15. The quantitative estimate of drug-likeness (QED) is 0.268. The van der Waals surface area contributed by atoms with Crippen molar-refractivity contribution >= 4 is 0 Å². The van der Waals surface area contributed by atoms with Crippen molar-refractivity contribution in [3.63, 3.8) is 0 Å². The predicted molar refractivity (Wildman–Crippen MR) is 147 cm³/mol. The fourth-order valence-corrected chi connectivity index (χ4v) is 7.76. The Bertz CT molecular complexity index is 737. The second kappa shape index (κ2) is 14.0. The van der Waals surface area contributed by atoms with Crippen molar-refractivity contribution in [2.75, 3.05) is 6.61 Å². The highest BCUT2D eigenvalue weighted by molar-refractivity contribution is 5.31. The van der Waals surface area contributed by atoms with Gasteiger partial charge in [0.2, 0.25) is 0 Å². The lowest BCUT2D eigenvalue weighted by atomic mass is 9.63. The molecule has 3 aliphatic rings. The van der Waals surface area contributed by atoms with Crippen molar-refractivity contribution in [3.8, 4) is 5.75 Å². The topological polar surface area (TPSA) is 9.23 Å². The number of fused-ring (bicyclic) bond motifs is 1. The zero-order valence-electron chi connectivity index (χ0n) is 22.9. The lowest BCUT2D eigenvalue weighted by molar-refractivity contribution is 0.108. The lowest BCUT2D eigenvalue weighted by Crippen LogP contribution is -2.31. The van der Waals surface area contributed by atoms with Gasteiger partial charge in [-0.25, -0.2) is 4.39 Å². The lowest BCUT2D eigenvalue weighted by Gasteiger charge is -2.43. The average Bonchev–Trinajstić information content (AvgIpc) is 2.88. The summed E-state index contributed by atoms with van der Waals surface area (Å²) in [4.78, 5) is 0. The van der Waals surface area contributed by atoms with E-state index < -0.39 is 0 Å². The zero-order valence-corrected chi connectivity index (χ0v) is 22.9. The second-order valence-electron chi connectivity index (χ2n) is 12.6. The molecule has 3 aliphatic carbocycles. The molecule has 198 valence electrons. The van der Waals surface area contributed by atoms with Crippen LogP contribution < -0.4 is 4.74 Å². The fourth-order valence-electron chi connectivity index (χ4n) is 7.76. The molecule has 0 saturated heterocycles. The van der Waals surface area contributed by atoms with E-state index in [0.29, 0.717) is 18.3 Å². The maximum Gasteiger partial charge on any atom is 0.130 e. The first kappa shape index (κ1) is 27.0. The van der Waals surface area contributed by atoms with Crippen molar-refractivity contribution in [2.24, 2.45) is 29.6 Å². The molecule has 0 spiro atoms. The summed E-state index contributed by atoms with van der Waals surface area (Å²) >= 11 is 0. The number of unbranched alkanes of at least 4 members (excludes halogenated alkanes) is 3. The van der Waals surface area contributed by atoms with Crippen LogP contribution in [-0.2, 0) is 0 Å². The summed E-state index contributed by atoms with van der Waals surface area (Å²) in [6, 6.07) is 5.65. The van der Waals surface area contributed by atoms with Gasteiger partial charge in [0.1, 0.15) is 11.6 Å². The molecule has 0 heterocycles. The normalized spacial score (nSPS) is 31.2. The number of hydrogen-bond acceptors (Lipinski definition) is 1. The SMILES string of the molecule is CCCCCC1CCC(CCC2CCC3CC(c4ccc(OCCCC)cc4F)CCC3C2)CC1. The molecule has 3 saturated carbocycles. The van der Waals surface area contributed by atoms with Crippen molar-refractivity contribution in [1.82, 2.24) is 0 Å². The minimum Gasteiger partial charge on any atom is -0.493 e. The third kappa shape index (κ3) is 7.96. The monoisotopic (exact) mass is 484 g/mol. The number of rotatable bonds is 12. The van der Waals surface area contributed by atoms with Crippen LogP contribution in [0.3, 0.4) is 0 Å². The molecule has 0 aromatic heterocycles. The van der Waals surface area contributed by atoms with Crippen LogP contribution in [0.2, 0.25) is 0 Å². The predicted octanol–water partition coefficient (Wildman–Crippen LogP) is 10.5. The smallest absolute Gasteiger partial charge is 0.130 e. The molecule has 35 heavy (non-hydrogen) atoms. The Morgan fingerprint density at radius 2 is 1.37 bits per heavy atom. The Hall–Kier alpha value is -1.05. The van der Waals surface area contributed by atoms with Gasteiger partial charge in [0.25, 0.3) is 0 Å². The highest BCUT2D eigenvalue weighted by atomic mass is 19.1. The Labute approximate surface area is 216 Å². The van der Waals surface area contributed by atoms with Crippen LogP contribution in [0.15, 0.2) is 18.2 Å². The first-order valence-electron chi connectivity index (χ1n) is 15.6. The second-order valence-corrected chi connectivity index (χ2v) is 12.6. The maximum absolute atomic E-state index is 14.9. The summed E-state index contributed by atoms with van der Waals surface area (Å²) in [5.41, 5.74) is 0.943. The van der Waals surface area contributed by atoms with Crippen LogP contribution in [0.1, 0.15) is 141 Å². The van der Waals surface area contributed by atoms with Gasteiger partial charge >= 0.3 is 0 Å². The molecule has 1 nitrogen and oxygen atoms in total. The number of benzene rings is 1. The van der Waals surface area contributed by atoms with Crippen molar-refractivity contribution in [2.45, 2.75) is 135 Å². The van der Waals surface area contributed by atoms with Gasteiger partial charge in [0, 0.05) is 6.07 Å². The van der Waals surface area contributed by atoms with Crippen LogP contribution in [0.4, 0.5) is 4.39 Å². The van der Waals surface area contributed by atoms with Crippen LogP contribution >= 0.6 is 0 Å². The van der Waals surface area contributed by atoms with E-state index in [1.165, 1.54) is 103 Å². The van der Waals surface area contributed by atoms with Gasteiger partial charge in [-0.1, -0.05) is 97.0 Å². The number of halogens is 1. The molecular formula is C33H53FO. The zero-order chi connectivity index (χ0) is 24.5. The molecule has 3 fully saturated rings. The van der Waals surface area contributed by atoms with E-state index in [4.69, 9.17) is 4.74 Å². The van der Waals surface area contributed by atoms with Gasteiger partial charge < -0.3 is 4.74 Å². The molecule has 0 aliphatic heterocycles.